The molecule has 2 heteroatoms. The maximum absolute atomic E-state index is 5.64. The van der Waals surface area contributed by atoms with Crippen molar-refractivity contribution in [3.63, 3.8) is 0 Å². The molecule has 0 fully saturated rings. The summed E-state index contributed by atoms with van der Waals surface area (Å²) < 4.78 is 0. The van der Waals surface area contributed by atoms with Crippen molar-refractivity contribution in [2.24, 2.45) is 5.73 Å². The van der Waals surface area contributed by atoms with Gasteiger partial charge in [-0.2, -0.15) is 0 Å². The van der Waals surface area contributed by atoms with E-state index in [9.17, 15) is 0 Å². The van der Waals surface area contributed by atoms with Crippen molar-refractivity contribution >= 4 is 11.4 Å². The largest absolute Gasteiger partial charge is 0.355 e. The quantitative estimate of drug-likeness (QED) is 0.840. The molecule has 88 valence electrons. The lowest BCUT2D eigenvalue weighted by atomic mass is 10.1. The Kier molecular flexibility index (Phi) is 3.45. The molecule has 0 aliphatic carbocycles. The van der Waals surface area contributed by atoms with Crippen LogP contribution in [0.25, 0.3) is 0 Å². The summed E-state index contributed by atoms with van der Waals surface area (Å²) in [6, 6.07) is 14.5. The van der Waals surface area contributed by atoms with Gasteiger partial charge in [-0.25, -0.2) is 0 Å². The number of para-hydroxylation sites is 1. The van der Waals surface area contributed by atoms with Gasteiger partial charge in [-0.05, 0) is 42.7 Å². The van der Waals surface area contributed by atoms with Crippen molar-refractivity contribution in [2.75, 3.05) is 5.32 Å². The zero-order chi connectivity index (χ0) is 12.3. The van der Waals surface area contributed by atoms with Gasteiger partial charge in [0.2, 0.25) is 0 Å². The third-order valence-electron chi connectivity index (χ3n) is 2.91. The Morgan fingerprint density at radius 3 is 2.29 bits per heavy atom. The second-order valence-electron chi connectivity index (χ2n) is 4.30. The molecular weight excluding hydrogens is 208 g/mol. The first-order valence-electron chi connectivity index (χ1n) is 5.83. The van der Waals surface area contributed by atoms with Gasteiger partial charge >= 0.3 is 0 Å². The number of hydrogen-bond donors (Lipinski definition) is 2. The van der Waals surface area contributed by atoms with Crippen LogP contribution in [0.5, 0.6) is 0 Å². The van der Waals surface area contributed by atoms with Crippen molar-refractivity contribution in [1.82, 2.24) is 0 Å². The van der Waals surface area contributed by atoms with E-state index in [-0.39, 0.29) is 0 Å². The summed E-state index contributed by atoms with van der Waals surface area (Å²) in [5, 5.41) is 3.46. The molecule has 2 nitrogen and oxygen atoms in total. The molecule has 0 saturated heterocycles. The van der Waals surface area contributed by atoms with E-state index in [0.717, 1.165) is 11.3 Å². The van der Waals surface area contributed by atoms with E-state index < -0.39 is 0 Å². The Morgan fingerprint density at radius 1 is 1.00 bits per heavy atom. The maximum atomic E-state index is 5.64. The molecule has 0 aliphatic rings. The Morgan fingerprint density at radius 2 is 1.65 bits per heavy atom. The molecule has 0 atom stereocenters. The summed E-state index contributed by atoms with van der Waals surface area (Å²) in [5.41, 5.74) is 11.6. The minimum atomic E-state index is 0.572. The van der Waals surface area contributed by atoms with Crippen molar-refractivity contribution in [2.45, 2.75) is 20.4 Å². The average Bonchev–Trinajstić information content (AvgIpc) is 2.34. The molecule has 0 unspecified atom stereocenters. The summed E-state index contributed by atoms with van der Waals surface area (Å²) in [7, 11) is 0. The van der Waals surface area contributed by atoms with Crippen molar-refractivity contribution in [3.05, 3.63) is 59.2 Å². The third kappa shape index (κ3) is 2.66. The smallest absolute Gasteiger partial charge is 0.0443 e. The van der Waals surface area contributed by atoms with Crippen LogP contribution < -0.4 is 11.1 Å². The second kappa shape index (κ2) is 5.02. The van der Waals surface area contributed by atoms with E-state index in [4.69, 9.17) is 5.73 Å². The number of aryl methyl sites for hydroxylation is 2. The van der Waals surface area contributed by atoms with Crippen molar-refractivity contribution < 1.29 is 0 Å². The highest BCUT2D eigenvalue weighted by molar-refractivity contribution is 5.66. The normalized spacial score (nSPS) is 10.3. The van der Waals surface area contributed by atoms with Gasteiger partial charge in [-0.1, -0.05) is 30.3 Å². The van der Waals surface area contributed by atoms with Gasteiger partial charge in [0.25, 0.3) is 0 Å². The molecule has 0 spiro atoms. The molecule has 0 amide bonds. The van der Waals surface area contributed by atoms with Crippen LogP contribution in [0, 0.1) is 13.8 Å². The molecule has 2 aromatic rings. The highest BCUT2D eigenvalue weighted by Gasteiger charge is 2.02. The lowest BCUT2D eigenvalue weighted by Gasteiger charge is -2.13. The third-order valence-corrected chi connectivity index (χ3v) is 2.91. The Balaban J connectivity index is 2.31. The van der Waals surface area contributed by atoms with Crippen LogP contribution in [0.2, 0.25) is 0 Å². The first kappa shape index (κ1) is 11.7. The molecule has 2 aromatic carbocycles. The molecule has 0 aliphatic heterocycles. The molecule has 0 bridgehead atoms. The van der Waals surface area contributed by atoms with E-state index in [0.29, 0.717) is 6.54 Å². The van der Waals surface area contributed by atoms with Gasteiger partial charge in [0.15, 0.2) is 0 Å². The molecular formula is C15H18N2. The molecule has 0 heterocycles. The van der Waals surface area contributed by atoms with Gasteiger partial charge in [-0.15, -0.1) is 0 Å². The lowest BCUT2D eigenvalue weighted by molar-refractivity contribution is 1.07. The van der Waals surface area contributed by atoms with Crippen LogP contribution >= 0.6 is 0 Å². The van der Waals surface area contributed by atoms with E-state index in [1.54, 1.807) is 0 Å². The van der Waals surface area contributed by atoms with Crippen LogP contribution in [0.15, 0.2) is 42.5 Å². The molecule has 0 radical (unpaired) electrons. The summed E-state index contributed by atoms with van der Waals surface area (Å²) in [4.78, 5) is 0. The number of anilines is 2. The maximum Gasteiger partial charge on any atom is 0.0443 e. The monoisotopic (exact) mass is 226 g/mol. The fraction of sp³-hybridized carbons (Fsp3) is 0.200. The standard InChI is InChI=1S/C15H18N2/c1-11-5-3-6-12(2)15(11)17-14-8-4-7-13(9-14)10-16/h3-9,17H,10,16H2,1-2H3. The number of rotatable bonds is 3. The minimum absolute atomic E-state index is 0.572. The summed E-state index contributed by atoms with van der Waals surface area (Å²) in [6.45, 7) is 4.80. The molecule has 0 aromatic heterocycles. The number of nitrogens with one attached hydrogen (secondary N) is 1. The zero-order valence-corrected chi connectivity index (χ0v) is 10.3. The topological polar surface area (TPSA) is 38.0 Å². The summed E-state index contributed by atoms with van der Waals surface area (Å²) in [5.74, 6) is 0. The van der Waals surface area contributed by atoms with Gasteiger partial charge in [0, 0.05) is 17.9 Å². The van der Waals surface area contributed by atoms with Crippen LogP contribution in [-0.4, -0.2) is 0 Å². The average molecular weight is 226 g/mol. The molecule has 2 rings (SSSR count). The fourth-order valence-corrected chi connectivity index (χ4v) is 1.93. The lowest BCUT2D eigenvalue weighted by Crippen LogP contribution is -1.99. The predicted molar refractivity (Wildman–Crippen MR) is 73.5 cm³/mol. The Hall–Kier alpha value is -1.80. The predicted octanol–water partition coefficient (Wildman–Crippen LogP) is 3.51. The fourth-order valence-electron chi connectivity index (χ4n) is 1.93. The Bertz CT molecular complexity index is 498. The Labute approximate surface area is 102 Å². The highest BCUT2D eigenvalue weighted by atomic mass is 14.9. The molecule has 0 saturated carbocycles. The van der Waals surface area contributed by atoms with E-state index in [1.807, 2.05) is 12.1 Å². The van der Waals surface area contributed by atoms with Gasteiger partial charge < -0.3 is 11.1 Å². The van der Waals surface area contributed by atoms with Crippen molar-refractivity contribution in [1.29, 1.82) is 0 Å². The van der Waals surface area contributed by atoms with Crippen LogP contribution in [0.4, 0.5) is 11.4 Å². The summed E-state index contributed by atoms with van der Waals surface area (Å²) in [6.07, 6.45) is 0. The molecule has 17 heavy (non-hydrogen) atoms. The minimum Gasteiger partial charge on any atom is -0.355 e. The second-order valence-corrected chi connectivity index (χ2v) is 4.30. The zero-order valence-electron chi connectivity index (χ0n) is 10.3. The first-order valence-corrected chi connectivity index (χ1v) is 5.83. The first-order chi connectivity index (χ1) is 8.20. The van der Waals surface area contributed by atoms with E-state index in [2.05, 4.69) is 49.5 Å². The number of benzene rings is 2. The van der Waals surface area contributed by atoms with Gasteiger partial charge in [-0.3, -0.25) is 0 Å². The van der Waals surface area contributed by atoms with Crippen LogP contribution in [0.1, 0.15) is 16.7 Å². The van der Waals surface area contributed by atoms with E-state index >= 15 is 0 Å². The number of nitrogens with two attached hydrogens (primary N) is 1. The van der Waals surface area contributed by atoms with Gasteiger partial charge in [0.1, 0.15) is 0 Å². The molecule has 3 N–H and O–H groups in total. The highest BCUT2D eigenvalue weighted by Crippen LogP contribution is 2.24. The van der Waals surface area contributed by atoms with Crippen molar-refractivity contribution in [3.8, 4) is 0 Å². The number of hydrogen-bond acceptors (Lipinski definition) is 2. The van der Waals surface area contributed by atoms with Crippen LogP contribution in [0.3, 0.4) is 0 Å². The SMILES string of the molecule is Cc1cccc(C)c1Nc1cccc(CN)c1. The van der Waals surface area contributed by atoms with Crippen LogP contribution in [-0.2, 0) is 6.54 Å². The van der Waals surface area contributed by atoms with Gasteiger partial charge in [0.05, 0.1) is 0 Å². The van der Waals surface area contributed by atoms with E-state index in [1.165, 1.54) is 16.8 Å². The summed E-state index contributed by atoms with van der Waals surface area (Å²) >= 11 is 0.